The summed E-state index contributed by atoms with van der Waals surface area (Å²) < 4.78 is 5.19. The van der Waals surface area contributed by atoms with E-state index in [9.17, 15) is 4.79 Å². The van der Waals surface area contributed by atoms with Crippen molar-refractivity contribution in [3.05, 3.63) is 57.8 Å². The molecule has 0 saturated heterocycles. The van der Waals surface area contributed by atoms with Crippen LogP contribution in [0, 0.1) is 0 Å². The van der Waals surface area contributed by atoms with Gasteiger partial charge in [0.15, 0.2) is 0 Å². The first kappa shape index (κ1) is 17.1. The van der Waals surface area contributed by atoms with Crippen molar-refractivity contribution in [2.75, 3.05) is 26.3 Å². The van der Waals surface area contributed by atoms with Gasteiger partial charge < -0.3 is 10.1 Å². The lowest BCUT2D eigenvalue weighted by atomic mass is 9.98. The van der Waals surface area contributed by atoms with Gasteiger partial charge in [0.2, 0.25) is 5.91 Å². The molecule has 0 bridgehead atoms. The van der Waals surface area contributed by atoms with Crippen LogP contribution in [0.15, 0.2) is 41.8 Å². The van der Waals surface area contributed by atoms with Gasteiger partial charge in [0.05, 0.1) is 6.04 Å². The van der Waals surface area contributed by atoms with Crippen LogP contribution in [-0.4, -0.2) is 37.1 Å². The topological polar surface area (TPSA) is 41.6 Å². The molecule has 0 saturated carbocycles. The van der Waals surface area contributed by atoms with Crippen LogP contribution in [0.4, 0.5) is 0 Å². The number of nitrogens with zero attached hydrogens (tertiary/aromatic N) is 1. The van der Waals surface area contributed by atoms with Gasteiger partial charge in [-0.05, 0) is 35.9 Å². The van der Waals surface area contributed by atoms with Gasteiger partial charge in [-0.25, -0.2) is 0 Å². The van der Waals surface area contributed by atoms with E-state index in [1.54, 1.807) is 11.3 Å². The second-order valence-corrected chi connectivity index (χ2v) is 6.94. The minimum Gasteiger partial charge on any atom is -0.372 e. The van der Waals surface area contributed by atoms with Crippen LogP contribution in [0.2, 0.25) is 0 Å². The fourth-order valence-electron chi connectivity index (χ4n) is 3.13. The zero-order valence-electron chi connectivity index (χ0n) is 14.0. The van der Waals surface area contributed by atoms with Gasteiger partial charge in [-0.1, -0.05) is 30.3 Å². The Balaban J connectivity index is 1.68. The largest absolute Gasteiger partial charge is 0.372 e. The summed E-state index contributed by atoms with van der Waals surface area (Å²) in [5.74, 6) is -0.0455. The second kappa shape index (κ2) is 8.42. The van der Waals surface area contributed by atoms with E-state index in [1.807, 2.05) is 6.92 Å². The van der Waals surface area contributed by atoms with Crippen molar-refractivity contribution < 1.29 is 9.53 Å². The average molecular weight is 344 g/mol. The number of ether oxygens (including phenoxy) is 1. The van der Waals surface area contributed by atoms with Crippen molar-refractivity contribution in [3.63, 3.8) is 0 Å². The molecule has 24 heavy (non-hydrogen) atoms. The molecule has 0 spiro atoms. The van der Waals surface area contributed by atoms with Crippen molar-refractivity contribution in [2.24, 2.45) is 0 Å². The molecule has 4 nitrogen and oxygen atoms in total. The lowest BCUT2D eigenvalue weighted by molar-refractivity contribution is -0.125. The Hall–Kier alpha value is -1.69. The molecule has 3 rings (SSSR count). The molecule has 1 aliphatic rings. The van der Waals surface area contributed by atoms with E-state index in [1.165, 1.54) is 16.0 Å². The lowest BCUT2D eigenvalue weighted by Crippen LogP contribution is -2.41. The summed E-state index contributed by atoms with van der Waals surface area (Å²) in [5, 5.41) is 5.13. The van der Waals surface area contributed by atoms with E-state index in [2.05, 4.69) is 52.0 Å². The third-order valence-corrected chi connectivity index (χ3v) is 5.38. The van der Waals surface area contributed by atoms with E-state index < -0.39 is 0 Å². The highest BCUT2D eigenvalue weighted by atomic mass is 32.1. The monoisotopic (exact) mass is 344 g/mol. The van der Waals surface area contributed by atoms with Crippen LogP contribution in [0.1, 0.15) is 29.0 Å². The van der Waals surface area contributed by atoms with Crippen LogP contribution in [0.5, 0.6) is 0 Å². The van der Waals surface area contributed by atoms with Gasteiger partial charge in [0.25, 0.3) is 0 Å². The van der Waals surface area contributed by atoms with Gasteiger partial charge >= 0.3 is 0 Å². The first-order valence-electron chi connectivity index (χ1n) is 8.46. The molecule has 0 unspecified atom stereocenters. The lowest BCUT2D eigenvalue weighted by Gasteiger charge is -2.35. The van der Waals surface area contributed by atoms with Gasteiger partial charge in [-0.15, -0.1) is 11.3 Å². The number of benzene rings is 1. The molecule has 1 atom stereocenters. The molecule has 0 radical (unpaired) electrons. The molecule has 1 aliphatic heterocycles. The Bertz CT molecular complexity index is 657. The third-order valence-electron chi connectivity index (χ3n) is 4.40. The predicted octanol–water partition coefficient (Wildman–Crippen LogP) is 3.00. The Morgan fingerprint density at radius 3 is 2.88 bits per heavy atom. The normalized spacial score (nSPS) is 15.7. The van der Waals surface area contributed by atoms with Crippen LogP contribution >= 0.6 is 11.3 Å². The van der Waals surface area contributed by atoms with E-state index in [4.69, 9.17) is 4.74 Å². The maximum absolute atomic E-state index is 11.9. The van der Waals surface area contributed by atoms with Crippen LogP contribution in [-0.2, 0) is 22.5 Å². The van der Waals surface area contributed by atoms with Crippen molar-refractivity contribution in [3.8, 4) is 0 Å². The Kier molecular flexibility index (Phi) is 6.01. The molecular weight excluding hydrogens is 320 g/mol. The summed E-state index contributed by atoms with van der Waals surface area (Å²) in [6.45, 7) is 5.16. The minimum atomic E-state index is -0.0455. The molecule has 5 heteroatoms. The van der Waals surface area contributed by atoms with Crippen molar-refractivity contribution in [2.45, 2.75) is 25.9 Å². The highest BCUT2D eigenvalue weighted by Gasteiger charge is 2.25. The molecule has 0 aliphatic carbocycles. The number of nitrogens with one attached hydrogen (secondary N) is 1. The molecular formula is C19H24N2O2S. The van der Waals surface area contributed by atoms with Crippen LogP contribution < -0.4 is 5.32 Å². The first-order chi connectivity index (χ1) is 11.8. The summed E-state index contributed by atoms with van der Waals surface area (Å²) in [6.07, 6.45) is 1.06. The van der Waals surface area contributed by atoms with E-state index in [0.717, 1.165) is 19.5 Å². The van der Waals surface area contributed by atoms with Gasteiger partial charge in [0, 0.05) is 31.1 Å². The number of hydrogen-bond acceptors (Lipinski definition) is 4. The SMILES string of the molecule is CCOCC(=O)NC[C@H](c1cccs1)N1CCc2ccccc2C1. The fourth-order valence-corrected chi connectivity index (χ4v) is 3.99. The minimum absolute atomic E-state index is 0.0455. The number of carbonyl (C=O) groups excluding carboxylic acids is 1. The maximum Gasteiger partial charge on any atom is 0.246 e. The van der Waals surface area contributed by atoms with Crippen molar-refractivity contribution in [1.82, 2.24) is 10.2 Å². The Morgan fingerprint density at radius 2 is 2.12 bits per heavy atom. The summed E-state index contributed by atoms with van der Waals surface area (Å²) in [5.41, 5.74) is 2.84. The number of rotatable bonds is 7. The highest BCUT2D eigenvalue weighted by molar-refractivity contribution is 7.10. The molecule has 0 fully saturated rings. The summed E-state index contributed by atoms with van der Waals surface area (Å²) in [6, 6.07) is 13.1. The quantitative estimate of drug-likeness (QED) is 0.839. The number of fused-ring (bicyclic) bond motifs is 1. The second-order valence-electron chi connectivity index (χ2n) is 5.96. The Morgan fingerprint density at radius 1 is 1.29 bits per heavy atom. The zero-order valence-corrected chi connectivity index (χ0v) is 14.8. The van der Waals surface area contributed by atoms with Crippen LogP contribution in [0.3, 0.4) is 0 Å². The smallest absolute Gasteiger partial charge is 0.246 e. The standard InChI is InChI=1S/C19H24N2O2S/c1-2-23-14-19(22)20-12-17(18-8-5-11-24-18)21-10-9-15-6-3-4-7-16(15)13-21/h3-8,11,17H,2,9-10,12-14H2,1H3,(H,20,22)/t17-/m1/s1. The molecule has 2 heterocycles. The van der Waals surface area contributed by atoms with Gasteiger partial charge in [-0.3, -0.25) is 9.69 Å². The number of carbonyl (C=O) groups is 1. The van der Waals surface area contributed by atoms with E-state index in [0.29, 0.717) is 13.2 Å². The first-order valence-corrected chi connectivity index (χ1v) is 9.34. The van der Waals surface area contributed by atoms with Crippen molar-refractivity contribution >= 4 is 17.2 Å². The van der Waals surface area contributed by atoms with Crippen molar-refractivity contribution in [1.29, 1.82) is 0 Å². The van der Waals surface area contributed by atoms with E-state index in [-0.39, 0.29) is 18.6 Å². The number of amides is 1. The van der Waals surface area contributed by atoms with Crippen LogP contribution in [0.25, 0.3) is 0 Å². The molecule has 1 N–H and O–H groups in total. The summed E-state index contributed by atoms with van der Waals surface area (Å²) >= 11 is 1.75. The maximum atomic E-state index is 11.9. The highest BCUT2D eigenvalue weighted by Crippen LogP contribution is 2.29. The summed E-state index contributed by atoms with van der Waals surface area (Å²) in [4.78, 5) is 15.7. The average Bonchev–Trinajstić information content (AvgIpc) is 3.14. The molecule has 2 aromatic rings. The molecule has 1 aromatic heterocycles. The molecule has 1 amide bonds. The van der Waals surface area contributed by atoms with Gasteiger partial charge in [0.1, 0.15) is 6.61 Å². The number of hydrogen-bond donors (Lipinski definition) is 1. The molecule has 1 aromatic carbocycles. The zero-order chi connectivity index (χ0) is 16.8. The van der Waals surface area contributed by atoms with Gasteiger partial charge in [-0.2, -0.15) is 0 Å². The fraction of sp³-hybridized carbons (Fsp3) is 0.421. The Labute approximate surface area is 147 Å². The summed E-state index contributed by atoms with van der Waals surface area (Å²) in [7, 11) is 0. The third kappa shape index (κ3) is 4.23. The molecule has 128 valence electrons. The number of thiophene rings is 1. The predicted molar refractivity (Wildman–Crippen MR) is 97.1 cm³/mol. The van der Waals surface area contributed by atoms with E-state index >= 15 is 0 Å².